The summed E-state index contributed by atoms with van der Waals surface area (Å²) in [5, 5.41) is 13.9. The van der Waals surface area contributed by atoms with Crippen LogP contribution in [0.3, 0.4) is 0 Å². The van der Waals surface area contributed by atoms with E-state index in [9.17, 15) is 5.11 Å². The molecule has 0 radical (unpaired) electrons. The predicted molar refractivity (Wildman–Crippen MR) is 77.1 cm³/mol. The molecule has 1 aromatic rings. The highest BCUT2D eigenvalue weighted by Crippen LogP contribution is 2.34. The van der Waals surface area contributed by atoms with E-state index in [1.807, 2.05) is 0 Å². The molecule has 0 aliphatic carbocycles. The van der Waals surface area contributed by atoms with E-state index >= 15 is 0 Å². The molecule has 1 aliphatic heterocycles. The third-order valence-electron chi connectivity index (χ3n) is 2.80. The highest BCUT2D eigenvalue weighted by molar-refractivity contribution is 6.30. The number of hydrogen-bond acceptors (Lipinski definition) is 5. The first-order valence-electron chi connectivity index (χ1n) is 5.79. The lowest BCUT2D eigenvalue weighted by Crippen LogP contribution is -2.30. The molecule has 2 N–H and O–H groups in total. The molecule has 0 saturated carbocycles. The fraction of sp³-hybridized carbons (Fsp3) is 0.231. The summed E-state index contributed by atoms with van der Waals surface area (Å²) in [7, 11) is 1.76. The lowest BCUT2D eigenvalue weighted by Gasteiger charge is -2.23. The normalized spacial score (nSPS) is 19.7. The number of hydrogen-bond donors (Lipinski definition) is 2. The molecule has 100 valence electrons. The van der Waals surface area contributed by atoms with Crippen LogP contribution in [-0.4, -0.2) is 29.6 Å². The summed E-state index contributed by atoms with van der Waals surface area (Å²) >= 11 is 5.81. The topological polar surface area (TPSA) is 60.8 Å². The van der Waals surface area contributed by atoms with Crippen LogP contribution in [0.5, 0.6) is 0 Å². The second kappa shape index (κ2) is 5.42. The largest absolute Gasteiger partial charge is 0.385 e. The number of nitrogens with one attached hydrogen (secondary N) is 1. The number of aromatic nitrogens is 1. The van der Waals surface area contributed by atoms with Crippen molar-refractivity contribution in [2.75, 3.05) is 11.9 Å². The molecule has 19 heavy (non-hydrogen) atoms. The molecular weight excluding hydrogens is 264 g/mol. The van der Waals surface area contributed by atoms with Crippen LogP contribution in [0, 0.1) is 0 Å². The Morgan fingerprint density at radius 2 is 2.32 bits per heavy atom. The molecule has 5 nitrogen and oxygen atoms in total. The molecule has 0 fully saturated rings. The van der Waals surface area contributed by atoms with Gasteiger partial charge in [-0.15, -0.1) is 0 Å². The van der Waals surface area contributed by atoms with E-state index in [4.69, 9.17) is 11.6 Å². The zero-order chi connectivity index (χ0) is 14.0. The van der Waals surface area contributed by atoms with Crippen molar-refractivity contribution in [3.63, 3.8) is 0 Å². The van der Waals surface area contributed by atoms with Crippen LogP contribution < -0.4 is 10.2 Å². The van der Waals surface area contributed by atoms with Crippen molar-refractivity contribution in [2.45, 2.75) is 13.2 Å². The highest BCUT2D eigenvalue weighted by atomic mass is 35.5. The number of anilines is 1. The number of likely N-dealkylation sites (N-methyl/N-ethyl adjacent to an activating group) is 1. The number of aliphatic hydroxyl groups is 1. The zero-order valence-electron chi connectivity index (χ0n) is 10.8. The van der Waals surface area contributed by atoms with E-state index < -0.39 is 6.23 Å². The average molecular weight is 279 g/mol. The molecule has 1 atom stereocenters. The summed E-state index contributed by atoms with van der Waals surface area (Å²) in [6.45, 7) is 5.76. The number of aliphatic imine (C=N–C) groups is 1. The zero-order valence-corrected chi connectivity index (χ0v) is 11.5. The van der Waals surface area contributed by atoms with Gasteiger partial charge in [-0.1, -0.05) is 18.2 Å². The number of pyridine rings is 1. The Morgan fingerprint density at radius 3 is 2.84 bits per heavy atom. The average Bonchev–Trinajstić information content (AvgIpc) is 2.63. The Kier molecular flexibility index (Phi) is 3.87. The highest BCUT2D eigenvalue weighted by Gasteiger charge is 2.35. The van der Waals surface area contributed by atoms with Crippen LogP contribution in [0.25, 0.3) is 0 Å². The summed E-state index contributed by atoms with van der Waals surface area (Å²) < 4.78 is 0. The minimum Gasteiger partial charge on any atom is -0.385 e. The molecule has 0 spiro atoms. The Bertz CT molecular complexity index is 550. The number of rotatable bonds is 3. The minimum absolute atomic E-state index is 0.520. The van der Waals surface area contributed by atoms with Crippen LogP contribution >= 0.6 is 11.6 Å². The summed E-state index contributed by atoms with van der Waals surface area (Å²) in [5.41, 5.74) is 1.83. The molecule has 2 heterocycles. The Labute approximate surface area is 116 Å². The maximum Gasteiger partial charge on any atom is 0.178 e. The maximum atomic E-state index is 10.4. The summed E-state index contributed by atoms with van der Waals surface area (Å²) in [4.78, 5) is 9.98. The van der Waals surface area contributed by atoms with Gasteiger partial charge >= 0.3 is 0 Å². The second-order valence-corrected chi connectivity index (χ2v) is 4.36. The van der Waals surface area contributed by atoms with Gasteiger partial charge in [-0.05, 0) is 19.1 Å². The monoisotopic (exact) mass is 278 g/mol. The van der Waals surface area contributed by atoms with Gasteiger partial charge in [0.1, 0.15) is 11.5 Å². The summed E-state index contributed by atoms with van der Waals surface area (Å²) in [6, 6.07) is 3.44. The van der Waals surface area contributed by atoms with Gasteiger partial charge in [0.05, 0.1) is 16.4 Å². The second-order valence-electron chi connectivity index (χ2n) is 3.92. The van der Waals surface area contributed by atoms with Gasteiger partial charge < -0.3 is 10.4 Å². The molecule has 0 amide bonds. The fourth-order valence-corrected chi connectivity index (χ4v) is 2.10. The first kappa shape index (κ1) is 13.6. The van der Waals surface area contributed by atoms with Gasteiger partial charge in [0.2, 0.25) is 0 Å². The third-order valence-corrected chi connectivity index (χ3v) is 3.03. The number of nitrogens with zero attached hydrogens (tertiary/aromatic N) is 3. The predicted octanol–water partition coefficient (Wildman–Crippen LogP) is 1.91. The quantitative estimate of drug-likeness (QED) is 0.829. The van der Waals surface area contributed by atoms with E-state index in [2.05, 4.69) is 21.9 Å². The molecule has 1 unspecified atom stereocenters. The van der Waals surface area contributed by atoms with Gasteiger partial charge in [-0.25, -0.2) is 4.98 Å². The van der Waals surface area contributed by atoms with Crippen molar-refractivity contribution in [1.29, 1.82) is 0 Å². The van der Waals surface area contributed by atoms with Gasteiger partial charge in [0, 0.05) is 19.5 Å². The Morgan fingerprint density at radius 1 is 1.58 bits per heavy atom. The lowest BCUT2D eigenvalue weighted by molar-refractivity contribution is 0.218. The van der Waals surface area contributed by atoms with Gasteiger partial charge in [0.15, 0.2) is 6.23 Å². The van der Waals surface area contributed by atoms with E-state index in [-0.39, 0.29) is 0 Å². The van der Waals surface area contributed by atoms with Gasteiger partial charge in [0.25, 0.3) is 0 Å². The van der Waals surface area contributed by atoms with E-state index in [0.29, 0.717) is 27.9 Å². The smallest absolute Gasteiger partial charge is 0.178 e. The van der Waals surface area contributed by atoms with Crippen molar-refractivity contribution in [2.24, 2.45) is 4.99 Å². The van der Waals surface area contributed by atoms with Crippen LogP contribution in [0.4, 0.5) is 5.82 Å². The Hall–Kier alpha value is -1.85. The van der Waals surface area contributed by atoms with Crippen molar-refractivity contribution >= 4 is 23.6 Å². The first-order valence-corrected chi connectivity index (χ1v) is 6.16. The van der Waals surface area contributed by atoms with Crippen molar-refractivity contribution in [1.82, 2.24) is 10.3 Å². The van der Waals surface area contributed by atoms with Crippen LogP contribution in [0.1, 0.15) is 6.92 Å². The molecule has 1 aliphatic rings. The Balaban J connectivity index is 2.41. The molecule has 0 aromatic carbocycles. The lowest BCUT2D eigenvalue weighted by atomic mass is 10.3. The number of aliphatic hydroxyl groups excluding tert-OH is 1. The summed E-state index contributed by atoms with van der Waals surface area (Å²) in [5.74, 6) is 0.566. The third kappa shape index (κ3) is 2.34. The molecule has 1 aromatic heterocycles. The standard InChI is InChI=1S/C13H15ClN4O/c1-4-16-12-11(15-3)8(2)18(13(12)19)10-6-5-9(14)7-17-10/h4-7,13,15,19H,2H2,1,3H3. The first-order chi connectivity index (χ1) is 9.10. The van der Waals surface area contributed by atoms with Crippen molar-refractivity contribution < 1.29 is 5.11 Å². The van der Waals surface area contributed by atoms with Gasteiger partial charge in [-0.2, -0.15) is 0 Å². The van der Waals surface area contributed by atoms with Crippen molar-refractivity contribution in [3.05, 3.63) is 47.0 Å². The summed E-state index contributed by atoms with van der Waals surface area (Å²) in [6.07, 6.45) is 2.23. The number of halogens is 1. The molecule has 0 saturated heterocycles. The van der Waals surface area contributed by atoms with Crippen LogP contribution in [0.2, 0.25) is 5.02 Å². The maximum absolute atomic E-state index is 10.4. The SMILES string of the molecule is C=C1C(NC)=C(N=CC)C(O)N1c1ccc(Cl)cn1. The fourth-order valence-electron chi connectivity index (χ4n) is 1.98. The van der Waals surface area contributed by atoms with Crippen molar-refractivity contribution in [3.8, 4) is 0 Å². The molecule has 0 bridgehead atoms. The van der Waals surface area contributed by atoms with Gasteiger partial charge in [-0.3, -0.25) is 9.89 Å². The van der Waals surface area contributed by atoms with E-state index in [0.717, 1.165) is 0 Å². The van der Waals surface area contributed by atoms with E-state index in [1.54, 1.807) is 37.2 Å². The molecule has 2 rings (SSSR count). The van der Waals surface area contributed by atoms with Crippen LogP contribution in [-0.2, 0) is 0 Å². The molecular formula is C13H15ClN4O. The minimum atomic E-state index is -0.917. The molecule has 6 heteroatoms. The van der Waals surface area contributed by atoms with E-state index in [1.165, 1.54) is 6.20 Å². The van der Waals surface area contributed by atoms with Crippen LogP contribution in [0.15, 0.2) is 47.0 Å².